The minimum Gasteiger partial charge on any atom is -0.376 e. The number of halogens is 1. The maximum absolute atomic E-state index is 5.65. The van der Waals surface area contributed by atoms with E-state index in [-0.39, 0.29) is 11.4 Å². The number of rotatable bonds is 3. The molecule has 1 N–H and O–H groups in total. The molecule has 0 aromatic carbocycles. The van der Waals surface area contributed by atoms with Crippen molar-refractivity contribution in [3.8, 4) is 0 Å². The SMILES string of the molecule is Clc1nccc(NCC2COCCO2)n1. The Kier molecular flexibility index (Phi) is 3.71. The van der Waals surface area contributed by atoms with Crippen molar-refractivity contribution in [2.24, 2.45) is 0 Å². The van der Waals surface area contributed by atoms with Crippen molar-refractivity contribution < 1.29 is 9.47 Å². The molecule has 0 radical (unpaired) electrons. The van der Waals surface area contributed by atoms with E-state index in [0.29, 0.717) is 32.2 Å². The molecular weight excluding hydrogens is 218 g/mol. The van der Waals surface area contributed by atoms with Gasteiger partial charge in [0.25, 0.3) is 0 Å². The maximum Gasteiger partial charge on any atom is 0.224 e. The lowest BCUT2D eigenvalue weighted by atomic mass is 10.3. The first kappa shape index (κ1) is 10.6. The van der Waals surface area contributed by atoms with E-state index >= 15 is 0 Å². The lowest BCUT2D eigenvalue weighted by molar-refractivity contribution is -0.0819. The van der Waals surface area contributed by atoms with Gasteiger partial charge in [0.2, 0.25) is 5.28 Å². The normalized spacial score (nSPS) is 21.3. The summed E-state index contributed by atoms with van der Waals surface area (Å²) >= 11 is 5.65. The van der Waals surface area contributed by atoms with Crippen molar-refractivity contribution in [2.45, 2.75) is 6.10 Å². The average Bonchev–Trinajstić information content (AvgIpc) is 2.28. The second-order valence-electron chi connectivity index (χ2n) is 3.16. The van der Waals surface area contributed by atoms with Crippen LogP contribution in [-0.2, 0) is 9.47 Å². The van der Waals surface area contributed by atoms with Crippen LogP contribution in [0.1, 0.15) is 0 Å². The van der Waals surface area contributed by atoms with Crippen LogP contribution in [0.4, 0.5) is 5.82 Å². The summed E-state index contributed by atoms with van der Waals surface area (Å²) in [4.78, 5) is 7.80. The summed E-state index contributed by atoms with van der Waals surface area (Å²) in [7, 11) is 0. The van der Waals surface area contributed by atoms with Gasteiger partial charge < -0.3 is 14.8 Å². The predicted octanol–water partition coefficient (Wildman–Crippen LogP) is 0.957. The van der Waals surface area contributed by atoms with Gasteiger partial charge in [0.15, 0.2) is 0 Å². The number of nitrogens with zero attached hydrogens (tertiary/aromatic N) is 2. The van der Waals surface area contributed by atoms with E-state index in [1.54, 1.807) is 12.3 Å². The molecule has 0 bridgehead atoms. The highest BCUT2D eigenvalue weighted by Crippen LogP contribution is 2.07. The van der Waals surface area contributed by atoms with Crippen LogP contribution in [0, 0.1) is 0 Å². The lowest BCUT2D eigenvalue weighted by Gasteiger charge is -2.23. The van der Waals surface area contributed by atoms with E-state index in [0.717, 1.165) is 0 Å². The van der Waals surface area contributed by atoms with E-state index in [1.807, 2.05) is 0 Å². The molecule has 15 heavy (non-hydrogen) atoms. The molecule has 0 amide bonds. The Bertz CT molecular complexity index is 318. The van der Waals surface area contributed by atoms with Gasteiger partial charge >= 0.3 is 0 Å². The molecule has 6 heteroatoms. The molecular formula is C9H12ClN3O2. The van der Waals surface area contributed by atoms with Gasteiger partial charge in [-0.05, 0) is 17.7 Å². The Balaban J connectivity index is 1.81. The van der Waals surface area contributed by atoms with E-state index < -0.39 is 0 Å². The van der Waals surface area contributed by atoms with Gasteiger partial charge in [0, 0.05) is 12.7 Å². The second kappa shape index (κ2) is 5.25. The average molecular weight is 230 g/mol. The van der Waals surface area contributed by atoms with Crippen LogP contribution < -0.4 is 5.32 Å². The molecule has 1 unspecified atom stereocenters. The Morgan fingerprint density at radius 1 is 1.53 bits per heavy atom. The third kappa shape index (κ3) is 3.30. The maximum atomic E-state index is 5.65. The zero-order valence-electron chi connectivity index (χ0n) is 8.15. The highest BCUT2D eigenvalue weighted by molar-refractivity contribution is 6.28. The number of nitrogens with one attached hydrogen (secondary N) is 1. The monoisotopic (exact) mass is 229 g/mol. The van der Waals surface area contributed by atoms with Crippen LogP contribution in [0.5, 0.6) is 0 Å². The third-order valence-electron chi connectivity index (χ3n) is 2.02. The fourth-order valence-electron chi connectivity index (χ4n) is 1.31. The minimum absolute atomic E-state index is 0.0764. The zero-order chi connectivity index (χ0) is 10.5. The van der Waals surface area contributed by atoms with Gasteiger partial charge in [-0.3, -0.25) is 0 Å². The molecule has 1 atom stereocenters. The molecule has 1 aromatic rings. The quantitative estimate of drug-likeness (QED) is 0.783. The summed E-state index contributed by atoms with van der Waals surface area (Å²) in [5.41, 5.74) is 0. The molecule has 82 valence electrons. The molecule has 0 spiro atoms. The van der Waals surface area contributed by atoms with E-state index in [9.17, 15) is 0 Å². The van der Waals surface area contributed by atoms with Crippen molar-refractivity contribution in [3.63, 3.8) is 0 Å². The molecule has 1 aromatic heterocycles. The summed E-state index contributed by atoms with van der Waals surface area (Å²) in [5.74, 6) is 0.698. The number of hydrogen-bond donors (Lipinski definition) is 1. The number of ether oxygens (including phenoxy) is 2. The summed E-state index contributed by atoms with van der Waals surface area (Å²) in [6.45, 7) is 2.60. The van der Waals surface area contributed by atoms with Crippen LogP contribution in [0.25, 0.3) is 0 Å². The molecule has 0 saturated carbocycles. The largest absolute Gasteiger partial charge is 0.376 e. The molecule has 2 heterocycles. The number of aromatic nitrogens is 2. The van der Waals surface area contributed by atoms with Crippen LogP contribution in [-0.4, -0.2) is 42.4 Å². The van der Waals surface area contributed by atoms with Crippen LogP contribution in [0.15, 0.2) is 12.3 Å². The highest BCUT2D eigenvalue weighted by atomic mass is 35.5. The standard InChI is InChI=1S/C9H12ClN3O2/c10-9-11-2-1-8(13-9)12-5-7-6-14-3-4-15-7/h1-2,7H,3-6H2,(H,11,12,13). The predicted molar refractivity (Wildman–Crippen MR) is 56.1 cm³/mol. The Morgan fingerprint density at radius 3 is 3.20 bits per heavy atom. The molecule has 0 aliphatic carbocycles. The zero-order valence-corrected chi connectivity index (χ0v) is 8.91. The van der Waals surface area contributed by atoms with Crippen molar-refractivity contribution in [3.05, 3.63) is 17.5 Å². The smallest absolute Gasteiger partial charge is 0.224 e. The Hall–Kier alpha value is -0.910. The molecule has 1 aliphatic heterocycles. The summed E-state index contributed by atoms with van der Waals surface area (Å²) in [6, 6.07) is 1.76. The molecule has 5 nitrogen and oxygen atoms in total. The summed E-state index contributed by atoms with van der Waals surface area (Å²) in [5, 5.41) is 3.35. The molecule has 1 saturated heterocycles. The topological polar surface area (TPSA) is 56.3 Å². The molecule has 2 rings (SSSR count). The first-order valence-corrected chi connectivity index (χ1v) is 5.14. The fourth-order valence-corrected chi connectivity index (χ4v) is 1.45. The molecule has 1 aliphatic rings. The van der Waals surface area contributed by atoms with Gasteiger partial charge in [-0.15, -0.1) is 0 Å². The van der Waals surface area contributed by atoms with E-state index in [1.165, 1.54) is 0 Å². The Labute approximate surface area is 92.8 Å². The van der Waals surface area contributed by atoms with E-state index in [4.69, 9.17) is 21.1 Å². The van der Waals surface area contributed by atoms with Gasteiger partial charge in [-0.1, -0.05) is 0 Å². The van der Waals surface area contributed by atoms with Crippen LogP contribution >= 0.6 is 11.6 Å². The first-order chi connectivity index (χ1) is 7.34. The van der Waals surface area contributed by atoms with Crippen molar-refractivity contribution >= 4 is 17.4 Å². The third-order valence-corrected chi connectivity index (χ3v) is 2.20. The highest BCUT2D eigenvalue weighted by Gasteiger charge is 2.13. The first-order valence-electron chi connectivity index (χ1n) is 4.76. The van der Waals surface area contributed by atoms with Crippen LogP contribution in [0.3, 0.4) is 0 Å². The van der Waals surface area contributed by atoms with Gasteiger partial charge in [0.1, 0.15) is 5.82 Å². The van der Waals surface area contributed by atoms with Gasteiger partial charge in [-0.2, -0.15) is 0 Å². The summed E-state index contributed by atoms with van der Waals surface area (Å²) < 4.78 is 10.7. The minimum atomic E-state index is 0.0764. The summed E-state index contributed by atoms with van der Waals surface area (Å²) in [6.07, 6.45) is 1.68. The number of anilines is 1. The van der Waals surface area contributed by atoms with Crippen molar-refractivity contribution in [2.75, 3.05) is 31.7 Å². The van der Waals surface area contributed by atoms with Gasteiger partial charge in [-0.25, -0.2) is 9.97 Å². The van der Waals surface area contributed by atoms with Gasteiger partial charge in [0.05, 0.1) is 25.9 Å². The van der Waals surface area contributed by atoms with Crippen molar-refractivity contribution in [1.82, 2.24) is 9.97 Å². The van der Waals surface area contributed by atoms with Crippen LogP contribution in [0.2, 0.25) is 5.28 Å². The second-order valence-corrected chi connectivity index (χ2v) is 3.50. The molecule has 1 fully saturated rings. The Morgan fingerprint density at radius 2 is 2.47 bits per heavy atom. The lowest BCUT2D eigenvalue weighted by Crippen LogP contribution is -2.34. The van der Waals surface area contributed by atoms with E-state index in [2.05, 4.69) is 15.3 Å². The van der Waals surface area contributed by atoms with Crippen molar-refractivity contribution in [1.29, 1.82) is 0 Å². The number of hydrogen-bond acceptors (Lipinski definition) is 5. The fraction of sp³-hybridized carbons (Fsp3) is 0.556.